The zero-order valence-electron chi connectivity index (χ0n) is 14.3. The molecule has 2 aromatic heterocycles. The smallest absolute Gasteiger partial charge is 0.146 e. The molecule has 5 aromatic rings. The van der Waals surface area contributed by atoms with Gasteiger partial charge in [0.15, 0.2) is 0 Å². The van der Waals surface area contributed by atoms with E-state index in [0.29, 0.717) is 0 Å². The molecule has 0 fully saturated rings. The van der Waals surface area contributed by atoms with Crippen LogP contribution in [0.4, 0.5) is 0 Å². The van der Waals surface area contributed by atoms with Crippen molar-refractivity contribution < 1.29 is 0 Å². The third-order valence-corrected chi connectivity index (χ3v) is 5.06. The molecule has 2 heteroatoms. The molecule has 2 heterocycles. The van der Waals surface area contributed by atoms with Gasteiger partial charge in [-0.15, -0.1) is 0 Å². The average molecular weight is 322 g/mol. The number of aromatic nitrogens is 2. The van der Waals surface area contributed by atoms with Gasteiger partial charge in [-0.25, -0.2) is 4.98 Å². The minimum atomic E-state index is 1.03. The molecular weight excluding hydrogens is 304 g/mol. The van der Waals surface area contributed by atoms with E-state index in [1.54, 1.807) is 0 Å². The SMILES string of the molecule is C/C=c1\c(=C/C)n2c3cc4ccccc4cc3nc2c2ccccc12. The van der Waals surface area contributed by atoms with Crippen LogP contribution in [-0.2, 0) is 0 Å². The Morgan fingerprint density at radius 1 is 0.800 bits per heavy atom. The van der Waals surface area contributed by atoms with Crippen LogP contribution in [0.2, 0.25) is 0 Å². The molecule has 0 saturated heterocycles. The Morgan fingerprint density at radius 3 is 2.20 bits per heavy atom. The van der Waals surface area contributed by atoms with Gasteiger partial charge in [-0.1, -0.05) is 60.7 Å². The van der Waals surface area contributed by atoms with Gasteiger partial charge >= 0.3 is 0 Å². The summed E-state index contributed by atoms with van der Waals surface area (Å²) in [6.45, 7) is 4.21. The molecule has 0 radical (unpaired) electrons. The second kappa shape index (κ2) is 5.18. The van der Waals surface area contributed by atoms with E-state index in [1.165, 1.54) is 32.1 Å². The van der Waals surface area contributed by atoms with Crippen molar-refractivity contribution in [3.8, 4) is 0 Å². The molecule has 0 aliphatic carbocycles. The Kier molecular flexibility index (Phi) is 2.95. The van der Waals surface area contributed by atoms with Crippen LogP contribution in [0.1, 0.15) is 13.8 Å². The quantitative estimate of drug-likeness (QED) is 0.413. The summed E-state index contributed by atoms with van der Waals surface area (Å²) in [6, 6.07) is 21.5. The van der Waals surface area contributed by atoms with Gasteiger partial charge in [0, 0.05) is 10.6 Å². The molecule has 0 saturated carbocycles. The predicted octanol–water partition coefficient (Wildman–Crippen LogP) is 4.39. The van der Waals surface area contributed by atoms with Crippen molar-refractivity contribution >= 4 is 50.4 Å². The standard InChI is InChI=1S/C23H18N2/c1-3-17-18-11-7-8-12-19(18)23-24-20-13-15-9-5-6-10-16(15)14-22(20)25(23)21(17)4-2/h3-14H,1-2H3/b17-3-,21-4+. The summed E-state index contributed by atoms with van der Waals surface area (Å²) in [4.78, 5) is 5.01. The number of hydrogen-bond donors (Lipinski definition) is 0. The summed E-state index contributed by atoms with van der Waals surface area (Å²) >= 11 is 0. The molecular formula is C23H18N2. The van der Waals surface area contributed by atoms with Crippen LogP contribution in [0.5, 0.6) is 0 Å². The molecule has 0 spiro atoms. The van der Waals surface area contributed by atoms with Gasteiger partial charge in [0.05, 0.1) is 16.4 Å². The van der Waals surface area contributed by atoms with E-state index in [2.05, 4.69) is 91.1 Å². The molecule has 0 atom stereocenters. The Morgan fingerprint density at radius 2 is 1.48 bits per heavy atom. The Hall–Kier alpha value is -3.13. The highest BCUT2D eigenvalue weighted by Crippen LogP contribution is 2.25. The fourth-order valence-corrected chi connectivity index (χ4v) is 3.95. The average Bonchev–Trinajstić information content (AvgIpc) is 3.03. The highest BCUT2D eigenvalue weighted by molar-refractivity contribution is 6.02. The van der Waals surface area contributed by atoms with E-state index < -0.39 is 0 Å². The Labute approximate surface area is 145 Å². The van der Waals surface area contributed by atoms with Crippen molar-refractivity contribution in [2.24, 2.45) is 0 Å². The molecule has 0 unspecified atom stereocenters. The molecule has 5 rings (SSSR count). The maximum absolute atomic E-state index is 5.01. The fourth-order valence-electron chi connectivity index (χ4n) is 3.95. The lowest BCUT2D eigenvalue weighted by atomic mass is 10.1. The monoisotopic (exact) mass is 322 g/mol. The number of imidazole rings is 1. The first-order valence-electron chi connectivity index (χ1n) is 8.66. The van der Waals surface area contributed by atoms with Crippen molar-refractivity contribution in [2.75, 3.05) is 0 Å². The second-order valence-corrected chi connectivity index (χ2v) is 6.38. The lowest BCUT2D eigenvalue weighted by Crippen LogP contribution is -2.32. The van der Waals surface area contributed by atoms with E-state index in [9.17, 15) is 0 Å². The van der Waals surface area contributed by atoms with E-state index in [-0.39, 0.29) is 0 Å². The number of fused-ring (bicyclic) bond motifs is 6. The normalized spacial score (nSPS) is 13.7. The van der Waals surface area contributed by atoms with Gasteiger partial charge in [-0.2, -0.15) is 0 Å². The van der Waals surface area contributed by atoms with Crippen LogP contribution >= 0.6 is 0 Å². The highest BCUT2D eigenvalue weighted by Gasteiger charge is 2.11. The van der Waals surface area contributed by atoms with Crippen molar-refractivity contribution in [1.82, 2.24) is 9.38 Å². The first-order chi connectivity index (χ1) is 12.3. The predicted molar refractivity (Wildman–Crippen MR) is 107 cm³/mol. The summed E-state index contributed by atoms with van der Waals surface area (Å²) in [5.41, 5.74) is 3.23. The van der Waals surface area contributed by atoms with Crippen LogP contribution in [0.15, 0.2) is 60.7 Å². The van der Waals surface area contributed by atoms with Gasteiger partial charge in [0.25, 0.3) is 0 Å². The lowest BCUT2D eigenvalue weighted by Gasteiger charge is -2.06. The molecule has 120 valence electrons. The first kappa shape index (κ1) is 14.2. The van der Waals surface area contributed by atoms with Crippen molar-refractivity contribution in [2.45, 2.75) is 13.8 Å². The van der Waals surface area contributed by atoms with Gasteiger partial charge in [-0.3, -0.25) is 4.40 Å². The van der Waals surface area contributed by atoms with Gasteiger partial charge in [0.2, 0.25) is 0 Å². The van der Waals surface area contributed by atoms with E-state index in [0.717, 1.165) is 16.7 Å². The molecule has 0 bridgehead atoms. The second-order valence-electron chi connectivity index (χ2n) is 6.38. The van der Waals surface area contributed by atoms with Crippen LogP contribution in [0, 0.1) is 0 Å². The fraction of sp³-hybridized carbons (Fsp3) is 0.0870. The van der Waals surface area contributed by atoms with E-state index in [4.69, 9.17) is 4.98 Å². The molecule has 2 nitrogen and oxygen atoms in total. The van der Waals surface area contributed by atoms with E-state index >= 15 is 0 Å². The minimum Gasteiger partial charge on any atom is -0.292 e. The lowest BCUT2D eigenvalue weighted by molar-refractivity contribution is 1.16. The number of pyridine rings is 1. The molecule has 0 amide bonds. The Bertz CT molecular complexity index is 1410. The van der Waals surface area contributed by atoms with E-state index in [1.807, 2.05) is 0 Å². The summed E-state index contributed by atoms with van der Waals surface area (Å²) in [5, 5.41) is 7.39. The third kappa shape index (κ3) is 1.88. The summed E-state index contributed by atoms with van der Waals surface area (Å²) in [5.74, 6) is 0. The maximum atomic E-state index is 5.01. The Balaban J connectivity index is 2.18. The maximum Gasteiger partial charge on any atom is 0.146 e. The number of nitrogens with zero attached hydrogens (tertiary/aromatic N) is 2. The van der Waals surface area contributed by atoms with Gasteiger partial charge in [0.1, 0.15) is 5.65 Å². The van der Waals surface area contributed by atoms with Crippen LogP contribution < -0.4 is 10.6 Å². The molecule has 25 heavy (non-hydrogen) atoms. The molecule has 0 aliphatic rings. The molecule has 3 aromatic carbocycles. The molecule has 0 N–H and O–H groups in total. The van der Waals surface area contributed by atoms with Gasteiger partial charge in [-0.05, 0) is 42.1 Å². The van der Waals surface area contributed by atoms with Crippen molar-refractivity contribution in [3.63, 3.8) is 0 Å². The zero-order valence-corrected chi connectivity index (χ0v) is 14.3. The van der Waals surface area contributed by atoms with Crippen LogP contribution in [-0.4, -0.2) is 9.38 Å². The summed E-state index contributed by atoms with van der Waals surface area (Å²) < 4.78 is 2.30. The topological polar surface area (TPSA) is 17.3 Å². The number of benzene rings is 3. The largest absolute Gasteiger partial charge is 0.292 e. The van der Waals surface area contributed by atoms with Gasteiger partial charge < -0.3 is 0 Å². The van der Waals surface area contributed by atoms with Crippen LogP contribution in [0.25, 0.3) is 50.4 Å². The third-order valence-electron chi connectivity index (χ3n) is 5.06. The zero-order chi connectivity index (χ0) is 17.0. The van der Waals surface area contributed by atoms with Crippen LogP contribution in [0.3, 0.4) is 0 Å². The number of hydrogen-bond acceptors (Lipinski definition) is 1. The highest BCUT2D eigenvalue weighted by atomic mass is 15.0. The van der Waals surface area contributed by atoms with Crippen molar-refractivity contribution in [1.29, 1.82) is 0 Å². The van der Waals surface area contributed by atoms with Crippen molar-refractivity contribution in [3.05, 3.63) is 71.2 Å². The summed E-state index contributed by atoms with van der Waals surface area (Å²) in [6.07, 6.45) is 4.38. The summed E-state index contributed by atoms with van der Waals surface area (Å²) in [7, 11) is 0. The number of rotatable bonds is 0. The minimum absolute atomic E-state index is 1.03. The molecule has 0 aliphatic heterocycles. The first-order valence-corrected chi connectivity index (χ1v) is 8.66.